The molecule has 1 amide bonds. The van der Waals surface area contributed by atoms with Crippen molar-refractivity contribution in [1.82, 2.24) is 10.2 Å². The van der Waals surface area contributed by atoms with E-state index in [1.54, 1.807) is 0 Å². The lowest BCUT2D eigenvalue weighted by Gasteiger charge is -2.37. The molecule has 98 valence electrons. The lowest BCUT2D eigenvalue weighted by Crippen LogP contribution is -2.50. The zero-order valence-electron chi connectivity index (χ0n) is 11.3. The summed E-state index contributed by atoms with van der Waals surface area (Å²) in [5.41, 5.74) is -0.147. The Hall–Kier alpha value is -0.570. The smallest absolute Gasteiger partial charge is 0.229 e. The van der Waals surface area contributed by atoms with Gasteiger partial charge in [-0.3, -0.25) is 4.79 Å². The van der Waals surface area contributed by atoms with Gasteiger partial charge in [-0.05, 0) is 51.5 Å². The Morgan fingerprint density at radius 1 is 1.29 bits per heavy atom. The molecule has 1 N–H and O–H groups in total. The number of amides is 1. The molecule has 0 radical (unpaired) electrons. The van der Waals surface area contributed by atoms with Crippen molar-refractivity contribution in [2.45, 2.75) is 46.0 Å². The van der Waals surface area contributed by atoms with Crippen LogP contribution in [0.4, 0.5) is 0 Å². The van der Waals surface area contributed by atoms with Gasteiger partial charge in [0, 0.05) is 19.6 Å². The van der Waals surface area contributed by atoms with Crippen LogP contribution in [-0.4, -0.2) is 37.0 Å². The third-order valence-electron chi connectivity index (χ3n) is 4.42. The third-order valence-corrected chi connectivity index (χ3v) is 4.42. The first-order valence-corrected chi connectivity index (χ1v) is 7.12. The molecule has 3 nitrogen and oxygen atoms in total. The fraction of sp³-hybridized carbons (Fsp3) is 0.929. The summed E-state index contributed by atoms with van der Waals surface area (Å²) in [6, 6.07) is 0. The summed E-state index contributed by atoms with van der Waals surface area (Å²) in [5.74, 6) is 1.17. The maximum atomic E-state index is 12.6. The van der Waals surface area contributed by atoms with Crippen LogP contribution in [0.3, 0.4) is 0 Å². The van der Waals surface area contributed by atoms with Gasteiger partial charge in [0.25, 0.3) is 0 Å². The molecule has 2 heterocycles. The molecular formula is C14H26N2O. The van der Waals surface area contributed by atoms with Gasteiger partial charge in [0.15, 0.2) is 0 Å². The predicted octanol–water partition coefficient (Wildman–Crippen LogP) is 2.02. The van der Waals surface area contributed by atoms with E-state index in [-0.39, 0.29) is 5.41 Å². The number of piperidine rings is 1. The summed E-state index contributed by atoms with van der Waals surface area (Å²) in [7, 11) is 0. The highest BCUT2D eigenvalue weighted by molar-refractivity contribution is 5.82. The van der Waals surface area contributed by atoms with Crippen molar-refractivity contribution < 1.29 is 4.79 Å². The zero-order valence-corrected chi connectivity index (χ0v) is 11.3. The van der Waals surface area contributed by atoms with Gasteiger partial charge in [0.2, 0.25) is 5.91 Å². The summed E-state index contributed by atoms with van der Waals surface area (Å²) in [5, 5.41) is 3.37. The summed E-state index contributed by atoms with van der Waals surface area (Å²) >= 11 is 0. The molecule has 2 aliphatic heterocycles. The largest absolute Gasteiger partial charge is 0.342 e. The average molecular weight is 238 g/mol. The van der Waals surface area contributed by atoms with Crippen molar-refractivity contribution in [2.75, 3.05) is 26.2 Å². The van der Waals surface area contributed by atoms with Crippen LogP contribution in [0, 0.1) is 11.3 Å². The number of likely N-dealkylation sites (tertiary alicyclic amines) is 1. The second-order valence-electron chi connectivity index (χ2n) is 6.17. The first kappa shape index (κ1) is 12.9. The van der Waals surface area contributed by atoms with Gasteiger partial charge in [0.1, 0.15) is 0 Å². The quantitative estimate of drug-likeness (QED) is 0.758. The second-order valence-corrected chi connectivity index (χ2v) is 6.17. The molecule has 17 heavy (non-hydrogen) atoms. The number of carbonyl (C=O) groups is 1. The highest BCUT2D eigenvalue weighted by Gasteiger charge is 2.37. The second kappa shape index (κ2) is 5.38. The summed E-state index contributed by atoms with van der Waals surface area (Å²) < 4.78 is 0. The van der Waals surface area contributed by atoms with Crippen molar-refractivity contribution in [3.8, 4) is 0 Å². The standard InChI is InChI=1S/C14H26N2O/c1-12-5-3-9-16(10-6-12)13(17)14(2)7-4-8-15-11-14/h12,15H,3-11H2,1-2H3. The Labute approximate surface area is 105 Å². The van der Waals surface area contributed by atoms with Crippen LogP contribution in [0.25, 0.3) is 0 Å². The summed E-state index contributed by atoms with van der Waals surface area (Å²) in [6.45, 7) is 8.31. The van der Waals surface area contributed by atoms with Gasteiger partial charge in [-0.2, -0.15) is 0 Å². The fourth-order valence-corrected chi connectivity index (χ4v) is 3.09. The Morgan fingerprint density at radius 2 is 2.12 bits per heavy atom. The maximum Gasteiger partial charge on any atom is 0.229 e. The Balaban J connectivity index is 1.98. The molecule has 2 aliphatic rings. The van der Waals surface area contributed by atoms with Gasteiger partial charge >= 0.3 is 0 Å². The first-order chi connectivity index (χ1) is 8.12. The maximum absolute atomic E-state index is 12.6. The molecule has 2 unspecified atom stereocenters. The van der Waals surface area contributed by atoms with E-state index in [9.17, 15) is 4.79 Å². The molecule has 2 saturated heterocycles. The van der Waals surface area contributed by atoms with E-state index in [0.717, 1.165) is 44.9 Å². The van der Waals surface area contributed by atoms with E-state index in [0.29, 0.717) is 5.91 Å². The highest BCUT2D eigenvalue weighted by Crippen LogP contribution is 2.29. The zero-order chi connectivity index (χ0) is 12.3. The molecule has 0 saturated carbocycles. The summed E-state index contributed by atoms with van der Waals surface area (Å²) in [4.78, 5) is 14.7. The number of hydrogen-bond donors (Lipinski definition) is 1. The minimum Gasteiger partial charge on any atom is -0.342 e. The van der Waals surface area contributed by atoms with Gasteiger partial charge in [-0.25, -0.2) is 0 Å². The van der Waals surface area contributed by atoms with Crippen molar-refractivity contribution >= 4 is 5.91 Å². The molecule has 2 fully saturated rings. The van der Waals surface area contributed by atoms with E-state index < -0.39 is 0 Å². The Morgan fingerprint density at radius 3 is 2.82 bits per heavy atom. The van der Waals surface area contributed by atoms with Gasteiger partial charge in [0.05, 0.1) is 5.41 Å². The normalized spacial score (nSPS) is 35.4. The summed E-state index contributed by atoms with van der Waals surface area (Å²) in [6.07, 6.45) is 5.81. The monoisotopic (exact) mass is 238 g/mol. The van der Waals surface area contributed by atoms with Crippen LogP contribution in [0.1, 0.15) is 46.0 Å². The molecule has 0 bridgehead atoms. The molecule has 0 spiro atoms. The van der Waals surface area contributed by atoms with Gasteiger partial charge in [-0.15, -0.1) is 0 Å². The van der Waals surface area contributed by atoms with Crippen LogP contribution in [0.15, 0.2) is 0 Å². The minimum absolute atomic E-state index is 0.147. The number of nitrogens with zero attached hydrogens (tertiary/aromatic N) is 1. The molecule has 2 rings (SSSR count). The van der Waals surface area contributed by atoms with Crippen LogP contribution < -0.4 is 5.32 Å². The van der Waals surface area contributed by atoms with Crippen molar-refractivity contribution in [3.05, 3.63) is 0 Å². The topological polar surface area (TPSA) is 32.3 Å². The lowest BCUT2D eigenvalue weighted by molar-refractivity contribution is -0.142. The average Bonchev–Trinajstić information content (AvgIpc) is 2.54. The van der Waals surface area contributed by atoms with E-state index in [1.807, 2.05) is 0 Å². The van der Waals surface area contributed by atoms with Crippen molar-refractivity contribution in [3.63, 3.8) is 0 Å². The lowest BCUT2D eigenvalue weighted by atomic mass is 9.81. The van der Waals surface area contributed by atoms with E-state index in [2.05, 4.69) is 24.1 Å². The number of hydrogen-bond acceptors (Lipinski definition) is 2. The van der Waals surface area contributed by atoms with Gasteiger partial charge < -0.3 is 10.2 Å². The van der Waals surface area contributed by atoms with E-state index >= 15 is 0 Å². The van der Waals surface area contributed by atoms with Crippen molar-refractivity contribution in [2.24, 2.45) is 11.3 Å². The predicted molar refractivity (Wildman–Crippen MR) is 69.8 cm³/mol. The van der Waals surface area contributed by atoms with Crippen LogP contribution in [0.5, 0.6) is 0 Å². The van der Waals surface area contributed by atoms with Crippen LogP contribution >= 0.6 is 0 Å². The molecular weight excluding hydrogens is 212 g/mol. The molecule has 0 aromatic heterocycles. The number of nitrogens with one attached hydrogen (secondary N) is 1. The Bertz CT molecular complexity index is 271. The highest BCUT2D eigenvalue weighted by atomic mass is 16.2. The van der Waals surface area contributed by atoms with Crippen molar-refractivity contribution in [1.29, 1.82) is 0 Å². The number of rotatable bonds is 1. The molecule has 3 heteroatoms. The molecule has 0 aromatic carbocycles. The Kier molecular flexibility index (Phi) is 4.08. The van der Waals surface area contributed by atoms with E-state index in [1.165, 1.54) is 19.3 Å². The number of carbonyl (C=O) groups excluding carboxylic acids is 1. The van der Waals surface area contributed by atoms with Crippen LogP contribution in [0.2, 0.25) is 0 Å². The SMILES string of the molecule is CC1CCCN(C(=O)C2(C)CCCNC2)CC1. The van der Waals surface area contributed by atoms with Crippen LogP contribution in [-0.2, 0) is 4.79 Å². The van der Waals surface area contributed by atoms with Gasteiger partial charge in [-0.1, -0.05) is 6.92 Å². The molecule has 0 aromatic rings. The third kappa shape index (κ3) is 3.01. The first-order valence-electron chi connectivity index (χ1n) is 7.12. The molecule has 2 atom stereocenters. The van der Waals surface area contributed by atoms with E-state index in [4.69, 9.17) is 0 Å². The fourth-order valence-electron chi connectivity index (χ4n) is 3.09. The molecule has 0 aliphatic carbocycles. The minimum atomic E-state index is -0.147.